The number of nitrogens with one attached hydrogen (secondary N) is 2. The molecule has 0 heterocycles. The molecule has 0 fully saturated rings. The zero-order chi connectivity index (χ0) is 23.8. The summed E-state index contributed by atoms with van der Waals surface area (Å²) in [6, 6.07) is 27.3. The molecular weight excluding hydrogens is 432 g/mol. The first kappa shape index (κ1) is 22.5. The van der Waals surface area contributed by atoms with Gasteiger partial charge in [-0.15, -0.1) is 0 Å². The molecule has 0 unspecified atom stereocenters. The van der Waals surface area contributed by atoms with Crippen molar-refractivity contribution in [3.05, 3.63) is 112 Å². The van der Waals surface area contributed by atoms with Crippen LogP contribution >= 0.6 is 0 Å². The number of carbonyl (C=O) groups is 1. The van der Waals surface area contributed by atoms with E-state index >= 15 is 0 Å². The summed E-state index contributed by atoms with van der Waals surface area (Å²) in [5.74, 6) is 0.348. The lowest BCUT2D eigenvalue weighted by Gasteiger charge is -2.09. The Kier molecular flexibility index (Phi) is 7.09. The fourth-order valence-electron chi connectivity index (χ4n) is 3.34. The quantitative estimate of drug-likeness (QED) is 0.213. The third kappa shape index (κ3) is 5.95. The van der Waals surface area contributed by atoms with E-state index in [1.165, 1.54) is 18.3 Å². The van der Waals surface area contributed by atoms with Crippen LogP contribution in [0.15, 0.2) is 96.1 Å². The molecule has 170 valence electrons. The van der Waals surface area contributed by atoms with Crippen LogP contribution in [-0.2, 0) is 11.4 Å². The van der Waals surface area contributed by atoms with Crippen LogP contribution in [0.3, 0.4) is 0 Å². The second kappa shape index (κ2) is 10.7. The molecule has 0 aliphatic carbocycles. The summed E-state index contributed by atoms with van der Waals surface area (Å²) in [6.07, 6.45) is 1.54. The number of carbonyl (C=O) groups excluding carboxylic acids is 1. The Morgan fingerprint density at radius 1 is 0.971 bits per heavy atom. The molecule has 4 aromatic carbocycles. The van der Waals surface area contributed by atoms with Gasteiger partial charge in [-0.05, 0) is 46.8 Å². The molecule has 8 heteroatoms. The molecule has 8 nitrogen and oxygen atoms in total. The van der Waals surface area contributed by atoms with E-state index in [0.29, 0.717) is 5.75 Å². The minimum atomic E-state index is -0.439. The van der Waals surface area contributed by atoms with Gasteiger partial charge in [0, 0.05) is 23.2 Å². The number of nitrogens with zero attached hydrogens (tertiary/aromatic N) is 2. The molecule has 4 aromatic rings. The first-order valence-electron chi connectivity index (χ1n) is 10.6. The van der Waals surface area contributed by atoms with Gasteiger partial charge in [-0.1, -0.05) is 48.5 Å². The Morgan fingerprint density at radius 2 is 1.74 bits per heavy atom. The number of hydrazone groups is 1. The van der Waals surface area contributed by atoms with Crippen LogP contribution in [-0.4, -0.2) is 23.6 Å². The van der Waals surface area contributed by atoms with Crippen molar-refractivity contribution in [1.29, 1.82) is 0 Å². The van der Waals surface area contributed by atoms with Gasteiger partial charge >= 0.3 is 0 Å². The van der Waals surface area contributed by atoms with Crippen molar-refractivity contribution in [2.75, 3.05) is 11.9 Å². The number of nitro benzene ring substituents is 1. The van der Waals surface area contributed by atoms with E-state index in [2.05, 4.69) is 15.8 Å². The maximum Gasteiger partial charge on any atom is 0.269 e. The number of amides is 1. The number of nitro groups is 1. The van der Waals surface area contributed by atoms with Crippen molar-refractivity contribution >= 4 is 34.3 Å². The fraction of sp³-hybridized carbons (Fsp3) is 0.0769. The van der Waals surface area contributed by atoms with Crippen molar-refractivity contribution in [2.24, 2.45) is 5.10 Å². The molecule has 34 heavy (non-hydrogen) atoms. The van der Waals surface area contributed by atoms with E-state index in [9.17, 15) is 14.9 Å². The van der Waals surface area contributed by atoms with Crippen LogP contribution in [0.5, 0.6) is 5.75 Å². The average Bonchev–Trinajstić information content (AvgIpc) is 2.86. The second-order valence-electron chi connectivity index (χ2n) is 7.46. The van der Waals surface area contributed by atoms with Crippen LogP contribution in [0.25, 0.3) is 10.8 Å². The maximum atomic E-state index is 12.2. The number of hydrogen-bond donors (Lipinski definition) is 2. The Labute approximate surface area is 196 Å². The van der Waals surface area contributed by atoms with E-state index in [-0.39, 0.29) is 24.7 Å². The Morgan fingerprint density at radius 3 is 2.56 bits per heavy atom. The highest BCUT2D eigenvalue weighted by Gasteiger charge is 2.05. The summed E-state index contributed by atoms with van der Waals surface area (Å²) >= 11 is 0. The molecule has 0 saturated heterocycles. The maximum absolute atomic E-state index is 12.2. The molecule has 4 rings (SSSR count). The second-order valence-corrected chi connectivity index (χ2v) is 7.46. The van der Waals surface area contributed by atoms with Crippen molar-refractivity contribution in [3.63, 3.8) is 0 Å². The number of rotatable bonds is 9. The van der Waals surface area contributed by atoms with Crippen LogP contribution < -0.4 is 15.5 Å². The summed E-state index contributed by atoms with van der Waals surface area (Å²) in [4.78, 5) is 22.5. The zero-order valence-corrected chi connectivity index (χ0v) is 18.2. The SMILES string of the molecule is O=C(CNc1cccc2ccccc12)N/N=C\c1cccc(OCc2ccc([N+](=O)[O-])cc2)c1. The van der Waals surface area contributed by atoms with Crippen molar-refractivity contribution in [2.45, 2.75) is 6.61 Å². The smallest absolute Gasteiger partial charge is 0.269 e. The van der Waals surface area contributed by atoms with E-state index < -0.39 is 4.92 Å². The lowest BCUT2D eigenvalue weighted by atomic mass is 10.1. The Hall–Kier alpha value is -4.72. The molecule has 0 aliphatic rings. The van der Waals surface area contributed by atoms with Gasteiger partial charge in [0.1, 0.15) is 12.4 Å². The zero-order valence-electron chi connectivity index (χ0n) is 18.2. The molecule has 0 radical (unpaired) electrons. The molecule has 0 aromatic heterocycles. The lowest BCUT2D eigenvalue weighted by molar-refractivity contribution is -0.384. The minimum absolute atomic E-state index is 0.0383. The molecule has 0 saturated carbocycles. The number of fused-ring (bicyclic) bond motifs is 1. The fourth-order valence-corrected chi connectivity index (χ4v) is 3.34. The van der Waals surface area contributed by atoms with Crippen molar-refractivity contribution in [3.8, 4) is 5.75 Å². The van der Waals surface area contributed by atoms with Gasteiger partial charge in [0.15, 0.2) is 0 Å². The van der Waals surface area contributed by atoms with Gasteiger partial charge in [-0.2, -0.15) is 5.10 Å². The summed E-state index contributed by atoms with van der Waals surface area (Å²) in [6.45, 7) is 0.360. The molecular formula is C26H22N4O4. The monoisotopic (exact) mass is 454 g/mol. The van der Waals surface area contributed by atoms with Gasteiger partial charge in [-0.3, -0.25) is 14.9 Å². The van der Waals surface area contributed by atoms with Crippen molar-refractivity contribution < 1.29 is 14.5 Å². The minimum Gasteiger partial charge on any atom is -0.489 e. The van der Waals surface area contributed by atoms with Gasteiger partial charge in [0.25, 0.3) is 11.6 Å². The van der Waals surface area contributed by atoms with Crippen molar-refractivity contribution in [1.82, 2.24) is 5.43 Å². The summed E-state index contributed by atoms with van der Waals surface area (Å²) in [5.41, 5.74) is 5.00. The van der Waals surface area contributed by atoms with Gasteiger partial charge in [-0.25, -0.2) is 5.43 Å². The average molecular weight is 454 g/mol. The number of non-ortho nitro benzene ring substituents is 1. The number of benzene rings is 4. The Balaban J connectivity index is 1.27. The highest BCUT2D eigenvalue weighted by molar-refractivity contribution is 5.95. The summed E-state index contributed by atoms with van der Waals surface area (Å²) in [5, 5.41) is 20.0. The molecule has 1 amide bonds. The highest BCUT2D eigenvalue weighted by atomic mass is 16.6. The molecule has 2 N–H and O–H groups in total. The van der Waals surface area contributed by atoms with E-state index in [1.807, 2.05) is 54.6 Å². The van der Waals surface area contributed by atoms with Gasteiger partial charge in [0.05, 0.1) is 17.7 Å². The number of hydrogen-bond acceptors (Lipinski definition) is 6. The molecule has 0 aliphatic heterocycles. The topological polar surface area (TPSA) is 106 Å². The normalized spacial score (nSPS) is 10.8. The first-order chi connectivity index (χ1) is 16.6. The van der Waals surface area contributed by atoms with E-state index in [1.54, 1.807) is 24.3 Å². The number of anilines is 1. The number of ether oxygens (including phenoxy) is 1. The first-order valence-corrected chi connectivity index (χ1v) is 10.6. The third-order valence-corrected chi connectivity index (χ3v) is 5.04. The predicted molar refractivity (Wildman–Crippen MR) is 132 cm³/mol. The van der Waals surface area contributed by atoms with Crippen LogP contribution in [0.1, 0.15) is 11.1 Å². The summed E-state index contributed by atoms with van der Waals surface area (Å²) < 4.78 is 5.75. The lowest BCUT2D eigenvalue weighted by Crippen LogP contribution is -2.25. The van der Waals surface area contributed by atoms with E-state index in [4.69, 9.17) is 4.74 Å². The van der Waals surface area contributed by atoms with Gasteiger partial charge < -0.3 is 10.1 Å². The van der Waals surface area contributed by atoms with Crippen LogP contribution in [0.2, 0.25) is 0 Å². The largest absolute Gasteiger partial charge is 0.489 e. The summed E-state index contributed by atoms with van der Waals surface area (Å²) in [7, 11) is 0. The van der Waals surface area contributed by atoms with Crippen LogP contribution in [0, 0.1) is 10.1 Å². The standard InChI is InChI=1S/C26H22N4O4/c31-26(17-27-25-10-4-7-21-6-1-2-9-24(21)25)29-28-16-20-5-3-8-23(15-20)34-18-19-11-13-22(14-12-19)30(32)33/h1-16,27H,17-18H2,(H,29,31)/b28-16-. The molecule has 0 atom stereocenters. The Bertz CT molecular complexity index is 1330. The highest BCUT2D eigenvalue weighted by Crippen LogP contribution is 2.22. The third-order valence-electron chi connectivity index (χ3n) is 5.04. The van der Waals surface area contributed by atoms with Gasteiger partial charge in [0.2, 0.25) is 0 Å². The predicted octanol–water partition coefficient (Wildman–Crippen LogP) is 4.89. The van der Waals surface area contributed by atoms with Crippen LogP contribution in [0.4, 0.5) is 11.4 Å². The van der Waals surface area contributed by atoms with E-state index in [0.717, 1.165) is 27.6 Å². The molecule has 0 spiro atoms. The molecule has 0 bridgehead atoms.